The van der Waals surface area contributed by atoms with E-state index in [1.54, 1.807) is 0 Å². The summed E-state index contributed by atoms with van der Waals surface area (Å²) in [5.41, 5.74) is 0.790. The molecule has 2 fully saturated rings. The number of nitrogens with zero attached hydrogens (tertiary/aromatic N) is 2. The van der Waals surface area contributed by atoms with Gasteiger partial charge in [-0.25, -0.2) is 4.98 Å². The van der Waals surface area contributed by atoms with Crippen molar-refractivity contribution in [3.05, 3.63) is 28.5 Å². The average Bonchev–Trinajstić information content (AvgIpc) is 3.25. The first-order valence-electron chi connectivity index (χ1n) is 8.58. The highest BCUT2D eigenvalue weighted by molar-refractivity contribution is 7.17. The molecule has 2 aromatic rings. The molecule has 2 unspecified atom stereocenters. The number of fused-ring (bicyclic) bond motifs is 2. The minimum Gasteiger partial charge on any atom is -0.459 e. The molecule has 2 aliphatic heterocycles. The van der Waals surface area contributed by atoms with Gasteiger partial charge in [-0.3, -0.25) is 4.79 Å². The fraction of sp³-hybridized carbons (Fsp3) is 0.556. The number of furan rings is 1. The SMILES string of the molecule is Cc1ccc(-c2nc(C)c(C(=O)N(C)C3CC4CCC(C3)N4)s2)o1. The number of nitrogens with one attached hydrogen (secondary N) is 1. The van der Waals surface area contributed by atoms with E-state index in [-0.39, 0.29) is 5.91 Å². The average molecular weight is 345 g/mol. The third kappa shape index (κ3) is 2.78. The maximum atomic E-state index is 13.0. The molecule has 1 amide bonds. The molecule has 4 rings (SSSR count). The van der Waals surface area contributed by atoms with Crippen molar-refractivity contribution in [2.45, 2.75) is 57.7 Å². The molecule has 24 heavy (non-hydrogen) atoms. The van der Waals surface area contributed by atoms with Crippen molar-refractivity contribution >= 4 is 17.2 Å². The van der Waals surface area contributed by atoms with Crippen LogP contribution < -0.4 is 5.32 Å². The number of carbonyl (C=O) groups excluding carboxylic acids is 1. The lowest BCUT2D eigenvalue weighted by Gasteiger charge is -2.35. The van der Waals surface area contributed by atoms with Gasteiger partial charge < -0.3 is 14.6 Å². The predicted octanol–water partition coefficient (Wildman–Crippen LogP) is 3.37. The van der Waals surface area contributed by atoms with Crippen molar-refractivity contribution in [2.24, 2.45) is 0 Å². The summed E-state index contributed by atoms with van der Waals surface area (Å²) in [4.78, 5) is 20.2. The van der Waals surface area contributed by atoms with Gasteiger partial charge in [0.1, 0.15) is 10.6 Å². The number of piperidine rings is 1. The van der Waals surface area contributed by atoms with E-state index in [0.29, 0.717) is 18.1 Å². The Morgan fingerprint density at radius 1 is 1.29 bits per heavy atom. The van der Waals surface area contributed by atoms with Crippen molar-refractivity contribution in [3.63, 3.8) is 0 Å². The van der Waals surface area contributed by atoms with Crippen LogP contribution in [0.3, 0.4) is 0 Å². The zero-order valence-electron chi connectivity index (χ0n) is 14.3. The summed E-state index contributed by atoms with van der Waals surface area (Å²) < 4.78 is 5.65. The van der Waals surface area contributed by atoms with Gasteiger partial charge in [0.15, 0.2) is 10.8 Å². The van der Waals surface area contributed by atoms with Gasteiger partial charge in [0.25, 0.3) is 5.91 Å². The smallest absolute Gasteiger partial charge is 0.265 e. The molecule has 2 aliphatic rings. The second-order valence-electron chi connectivity index (χ2n) is 7.02. The van der Waals surface area contributed by atoms with Crippen molar-refractivity contribution in [2.75, 3.05) is 7.05 Å². The van der Waals surface area contributed by atoms with Crippen molar-refractivity contribution in [1.82, 2.24) is 15.2 Å². The van der Waals surface area contributed by atoms with Gasteiger partial charge in [-0.15, -0.1) is 11.3 Å². The second kappa shape index (κ2) is 6.01. The highest BCUT2D eigenvalue weighted by atomic mass is 32.1. The van der Waals surface area contributed by atoms with Crippen molar-refractivity contribution < 1.29 is 9.21 Å². The van der Waals surface area contributed by atoms with E-state index in [1.807, 2.05) is 37.9 Å². The van der Waals surface area contributed by atoms with E-state index in [0.717, 1.165) is 39.9 Å². The van der Waals surface area contributed by atoms with E-state index < -0.39 is 0 Å². The molecule has 128 valence electrons. The highest BCUT2D eigenvalue weighted by Gasteiger charge is 2.37. The van der Waals surface area contributed by atoms with Gasteiger partial charge in [-0.05, 0) is 51.7 Å². The van der Waals surface area contributed by atoms with Gasteiger partial charge in [0.05, 0.1) is 5.69 Å². The molecular weight excluding hydrogens is 322 g/mol. The predicted molar refractivity (Wildman–Crippen MR) is 94.4 cm³/mol. The molecule has 0 aromatic carbocycles. The van der Waals surface area contributed by atoms with E-state index in [4.69, 9.17) is 4.42 Å². The van der Waals surface area contributed by atoms with Crippen LogP contribution >= 0.6 is 11.3 Å². The van der Waals surface area contributed by atoms with Crippen LogP contribution in [0.2, 0.25) is 0 Å². The molecule has 5 nitrogen and oxygen atoms in total. The quantitative estimate of drug-likeness (QED) is 0.926. The highest BCUT2D eigenvalue weighted by Crippen LogP contribution is 2.33. The van der Waals surface area contributed by atoms with Crippen LogP contribution in [0, 0.1) is 13.8 Å². The number of hydrogen-bond donors (Lipinski definition) is 1. The number of aromatic nitrogens is 1. The van der Waals surface area contributed by atoms with Gasteiger partial charge in [-0.1, -0.05) is 0 Å². The Balaban J connectivity index is 1.54. The first kappa shape index (κ1) is 15.8. The van der Waals surface area contributed by atoms with Gasteiger partial charge in [-0.2, -0.15) is 0 Å². The number of hydrogen-bond acceptors (Lipinski definition) is 5. The molecular formula is C18H23N3O2S. The summed E-state index contributed by atoms with van der Waals surface area (Å²) in [6, 6.07) is 5.31. The molecule has 0 radical (unpaired) electrons. The second-order valence-corrected chi connectivity index (χ2v) is 8.02. The number of rotatable bonds is 3. The number of amides is 1. The van der Waals surface area contributed by atoms with Crippen LogP contribution in [0.25, 0.3) is 10.8 Å². The lowest BCUT2D eigenvalue weighted by Crippen LogP contribution is -2.48. The van der Waals surface area contributed by atoms with Crippen LogP contribution in [0.4, 0.5) is 0 Å². The van der Waals surface area contributed by atoms with Gasteiger partial charge >= 0.3 is 0 Å². The van der Waals surface area contributed by atoms with Crippen LogP contribution in [0.15, 0.2) is 16.5 Å². The third-order valence-corrected chi connectivity index (χ3v) is 6.42. The van der Waals surface area contributed by atoms with E-state index in [1.165, 1.54) is 24.2 Å². The Hall–Kier alpha value is -1.66. The summed E-state index contributed by atoms with van der Waals surface area (Å²) >= 11 is 1.43. The molecule has 0 saturated carbocycles. The topological polar surface area (TPSA) is 58.4 Å². The summed E-state index contributed by atoms with van der Waals surface area (Å²) in [6.45, 7) is 3.82. The molecule has 4 heterocycles. The first-order chi connectivity index (χ1) is 11.5. The summed E-state index contributed by atoms with van der Waals surface area (Å²) in [5, 5.41) is 4.41. The zero-order valence-corrected chi connectivity index (χ0v) is 15.2. The maximum absolute atomic E-state index is 13.0. The summed E-state index contributed by atoms with van der Waals surface area (Å²) in [6.07, 6.45) is 4.59. The van der Waals surface area contributed by atoms with Crippen molar-refractivity contribution in [1.29, 1.82) is 0 Å². The van der Waals surface area contributed by atoms with Gasteiger partial charge in [0.2, 0.25) is 0 Å². The fourth-order valence-corrected chi connectivity index (χ4v) is 4.93. The zero-order chi connectivity index (χ0) is 16.8. The van der Waals surface area contributed by atoms with E-state index in [9.17, 15) is 4.79 Å². The molecule has 1 N–H and O–H groups in total. The summed E-state index contributed by atoms with van der Waals surface area (Å²) in [5.74, 6) is 1.68. The fourth-order valence-electron chi connectivity index (χ4n) is 3.92. The first-order valence-corrected chi connectivity index (χ1v) is 9.40. The number of carbonyl (C=O) groups is 1. The minimum absolute atomic E-state index is 0.0887. The lowest BCUT2D eigenvalue weighted by molar-refractivity contribution is 0.0685. The molecule has 2 aromatic heterocycles. The molecule has 2 atom stereocenters. The monoisotopic (exact) mass is 345 g/mol. The van der Waals surface area contributed by atoms with Crippen molar-refractivity contribution in [3.8, 4) is 10.8 Å². The standard InChI is InChI=1S/C18H23N3O2S/c1-10-4-7-15(23-10)17-19-11(2)16(24-17)18(22)21(3)14-8-12-5-6-13(9-14)20-12/h4,7,12-14,20H,5-6,8-9H2,1-3H3. The molecule has 0 aliphatic carbocycles. The number of aryl methyl sites for hydroxylation is 2. The van der Waals surface area contributed by atoms with Crippen LogP contribution in [0.1, 0.15) is 46.8 Å². The molecule has 6 heteroatoms. The Kier molecular flexibility index (Phi) is 3.96. The van der Waals surface area contributed by atoms with E-state index >= 15 is 0 Å². The molecule has 2 bridgehead atoms. The lowest BCUT2D eigenvalue weighted by atomic mass is 9.98. The maximum Gasteiger partial charge on any atom is 0.265 e. The molecule has 2 saturated heterocycles. The Morgan fingerprint density at radius 3 is 2.62 bits per heavy atom. The Labute approximate surface area is 146 Å². The van der Waals surface area contributed by atoms with E-state index in [2.05, 4.69) is 10.3 Å². The van der Waals surface area contributed by atoms with Crippen LogP contribution in [0.5, 0.6) is 0 Å². The molecule has 0 spiro atoms. The Bertz CT molecular complexity index is 754. The summed E-state index contributed by atoms with van der Waals surface area (Å²) in [7, 11) is 1.94. The Morgan fingerprint density at radius 2 is 2.00 bits per heavy atom. The van der Waals surface area contributed by atoms with Crippen LogP contribution in [-0.2, 0) is 0 Å². The number of thiazole rings is 1. The van der Waals surface area contributed by atoms with Gasteiger partial charge in [0, 0.05) is 25.2 Å². The minimum atomic E-state index is 0.0887. The third-order valence-electron chi connectivity index (χ3n) is 5.26. The largest absolute Gasteiger partial charge is 0.459 e. The van der Waals surface area contributed by atoms with Crippen LogP contribution in [-0.4, -0.2) is 41.0 Å². The normalized spacial score (nSPS) is 25.9.